The fraction of sp³-hybridized carbons (Fsp3) is 0.0909. The zero-order valence-corrected chi connectivity index (χ0v) is 8.84. The van der Waals surface area contributed by atoms with Crippen LogP contribution in [0.2, 0.25) is 0 Å². The van der Waals surface area contributed by atoms with Gasteiger partial charge in [-0.1, -0.05) is 12.1 Å². The van der Waals surface area contributed by atoms with Crippen molar-refractivity contribution in [2.45, 2.75) is 6.92 Å². The van der Waals surface area contributed by atoms with Crippen molar-refractivity contribution in [3.63, 3.8) is 0 Å². The average molecular weight is 220 g/mol. The van der Waals surface area contributed by atoms with Gasteiger partial charge in [-0.3, -0.25) is 9.59 Å². The Morgan fingerprint density at radius 3 is 2.80 bits per heavy atom. The van der Waals surface area contributed by atoms with Gasteiger partial charge in [0.25, 0.3) is 0 Å². The number of fused-ring (bicyclic) bond motifs is 1. The monoisotopic (exact) mass is 220 g/mol. The topological polar surface area (TPSA) is 43.4 Å². The van der Waals surface area contributed by atoms with Gasteiger partial charge in [0.1, 0.15) is 0 Å². The zero-order valence-electron chi connectivity index (χ0n) is 8.02. The minimum atomic E-state index is -0.477. The first kappa shape index (κ1) is 9.86. The Balaban J connectivity index is 2.65. The first-order valence-electron chi connectivity index (χ1n) is 4.37. The van der Waals surface area contributed by atoms with E-state index in [-0.39, 0.29) is 11.2 Å². The third-order valence-corrected chi connectivity index (χ3v) is 2.84. The number of hydrogen-bond donors (Lipinski definition) is 0. The molecule has 0 aliphatic rings. The number of carbonyl (C=O) groups excluding carboxylic acids is 1. The van der Waals surface area contributed by atoms with E-state index < -0.39 is 5.97 Å². The minimum absolute atomic E-state index is 0.103. The van der Waals surface area contributed by atoms with Crippen LogP contribution < -0.4 is 10.2 Å². The summed E-state index contributed by atoms with van der Waals surface area (Å²) in [5.74, 6) is -0.374. The van der Waals surface area contributed by atoms with E-state index in [0.717, 1.165) is 4.70 Å². The Morgan fingerprint density at radius 2 is 2.07 bits per heavy atom. The molecule has 0 saturated carbocycles. The Morgan fingerprint density at radius 1 is 1.33 bits per heavy atom. The molecule has 3 nitrogen and oxygen atoms in total. The van der Waals surface area contributed by atoms with Crippen LogP contribution in [0.15, 0.2) is 34.4 Å². The summed E-state index contributed by atoms with van der Waals surface area (Å²) >= 11 is 1.38. The van der Waals surface area contributed by atoms with Crippen LogP contribution in [-0.2, 0) is 4.79 Å². The molecule has 0 spiro atoms. The maximum atomic E-state index is 11.8. The molecule has 2 rings (SSSR count). The molecule has 1 heterocycles. The first-order valence-corrected chi connectivity index (χ1v) is 5.25. The lowest BCUT2D eigenvalue weighted by atomic mass is 10.2. The van der Waals surface area contributed by atoms with E-state index in [1.165, 1.54) is 18.3 Å². The third kappa shape index (κ3) is 1.89. The number of hydrogen-bond acceptors (Lipinski definition) is 4. The van der Waals surface area contributed by atoms with Crippen LogP contribution in [-0.4, -0.2) is 5.97 Å². The van der Waals surface area contributed by atoms with Gasteiger partial charge in [-0.25, -0.2) is 0 Å². The molecule has 76 valence electrons. The fourth-order valence-corrected chi connectivity index (χ4v) is 2.12. The predicted molar refractivity (Wildman–Crippen MR) is 59.4 cm³/mol. The second kappa shape index (κ2) is 3.82. The van der Waals surface area contributed by atoms with Crippen molar-refractivity contribution in [1.82, 2.24) is 0 Å². The van der Waals surface area contributed by atoms with E-state index in [1.54, 1.807) is 17.5 Å². The Hall–Kier alpha value is -1.68. The van der Waals surface area contributed by atoms with Crippen molar-refractivity contribution < 1.29 is 9.53 Å². The highest BCUT2D eigenvalue weighted by Gasteiger charge is 2.07. The quantitative estimate of drug-likeness (QED) is 0.692. The molecule has 0 atom stereocenters. The summed E-state index contributed by atoms with van der Waals surface area (Å²) in [5.41, 5.74) is -0.237. The standard InChI is InChI=1S/C11H8O3S/c1-7(12)14-9-6-15-10-5-3-2-4-8(10)11(9)13/h2-6H,1H3. The third-order valence-electron chi connectivity index (χ3n) is 1.90. The van der Waals surface area contributed by atoms with E-state index in [0.29, 0.717) is 5.39 Å². The van der Waals surface area contributed by atoms with Gasteiger partial charge < -0.3 is 4.74 Å². The van der Waals surface area contributed by atoms with Crippen LogP contribution in [0.25, 0.3) is 10.1 Å². The average Bonchev–Trinajstić information content (AvgIpc) is 2.22. The number of esters is 1. The highest BCUT2D eigenvalue weighted by Crippen LogP contribution is 2.19. The number of rotatable bonds is 1. The highest BCUT2D eigenvalue weighted by atomic mass is 32.1. The summed E-state index contributed by atoms with van der Waals surface area (Å²) in [5, 5.41) is 2.15. The summed E-state index contributed by atoms with van der Waals surface area (Å²) in [7, 11) is 0. The second-order valence-electron chi connectivity index (χ2n) is 3.02. The van der Waals surface area contributed by atoms with Gasteiger partial charge in [-0.15, -0.1) is 11.3 Å². The fourth-order valence-electron chi connectivity index (χ4n) is 1.29. The molecule has 0 fully saturated rings. The molecule has 0 unspecified atom stereocenters. The summed E-state index contributed by atoms with van der Waals surface area (Å²) < 4.78 is 5.70. The number of ether oxygens (including phenoxy) is 1. The van der Waals surface area contributed by atoms with E-state index in [2.05, 4.69) is 0 Å². The maximum Gasteiger partial charge on any atom is 0.308 e. The van der Waals surface area contributed by atoms with Gasteiger partial charge in [-0.05, 0) is 12.1 Å². The van der Waals surface area contributed by atoms with Gasteiger partial charge in [0, 0.05) is 22.4 Å². The molecule has 1 aromatic carbocycles. The van der Waals surface area contributed by atoms with Gasteiger partial charge in [0.05, 0.1) is 0 Å². The summed E-state index contributed by atoms with van der Waals surface area (Å²) in [6.45, 7) is 1.28. The SMILES string of the molecule is CC(=O)Oc1csc2ccccc2c1=O. The zero-order chi connectivity index (χ0) is 10.8. The van der Waals surface area contributed by atoms with Gasteiger partial charge in [0.15, 0.2) is 5.75 Å². The largest absolute Gasteiger partial charge is 0.422 e. The minimum Gasteiger partial charge on any atom is -0.422 e. The van der Waals surface area contributed by atoms with Crippen LogP contribution >= 0.6 is 11.3 Å². The lowest BCUT2D eigenvalue weighted by Gasteiger charge is -2.00. The molecule has 4 heteroatoms. The Bertz CT molecular complexity index is 571. The van der Waals surface area contributed by atoms with E-state index in [1.807, 2.05) is 12.1 Å². The van der Waals surface area contributed by atoms with Crippen molar-refractivity contribution in [2.75, 3.05) is 0 Å². The Labute approximate surface area is 89.9 Å². The molecule has 0 aliphatic heterocycles. The smallest absolute Gasteiger partial charge is 0.308 e. The lowest BCUT2D eigenvalue weighted by Crippen LogP contribution is -2.10. The van der Waals surface area contributed by atoms with Crippen LogP contribution in [0.3, 0.4) is 0 Å². The molecule has 1 aromatic heterocycles. The van der Waals surface area contributed by atoms with Crippen molar-refractivity contribution in [2.24, 2.45) is 0 Å². The molecule has 0 radical (unpaired) electrons. The summed E-state index contributed by atoms with van der Waals surface area (Å²) in [6.07, 6.45) is 0. The second-order valence-corrected chi connectivity index (χ2v) is 3.93. The van der Waals surface area contributed by atoms with Crippen LogP contribution in [0.5, 0.6) is 5.75 Å². The van der Waals surface area contributed by atoms with Crippen LogP contribution in [0, 0.1) is 0 Å². The van der Waals surface area contributed by atoms with Crippen molar-refractivity contribution in [3.8, 4) is 5.75 Å². The number of benzene rings is 1. The summed E-state index contributed by atoms with van der Waals surface area (Å²) in [4.78, 5) is 22.5. The Kier molecular flexibility index (Phi) is 2.51. The van der Waals surface area contributed by atoms with E-state index in [4.69, 9.17) is 4.74 Å². The molecule has 2 aromatic rings. The highest BCUT2D eigenvalue weighted by molar-refractivity contribution is 7.16. The molecule has 0 amide bonds. The van der Waals surface area contributed by atoms with Gasteiger partial charge in [-0.2, -0.15) is 0 Å². The predicted octanol–water partition coefficient (Wildman–Crippen LogP) is 2.19. The molecule has 0 bridgehead atoms. The molecule has 0 saturated heterocycles. The molecule has 0 N–H and O–H groups in total. The molecule has 15 heavy (non-hydrogen) atoms. The van der Waals surface area contributed by atoms with Crippen molar-refractivity contribution >= 4 is 27.4 Å². The molecular formula is C11H8O3S. The lowest BCUT2D eigenvalue weighted by molar-refractivity contribution is -0.131. The normalized spacial score (nSPS) is 10.2. The van der Waals surface area contributed by atoms with Gasteiger partial charge >= 0.3 is 5.97 Å². The van der Waals surface area contributed by atoms with Crippen LogP contribution in [0.1, 0.15) is 6.92 Å². The summed E-state index contributed by atoms with van der Waals surface area (Å²) in [6, 6.07) is 7.23. The maximum absolute atomic E-state index is 11.8. The first-order chi connectivity index (χ1) is 7.18. The van der Waals surface area contributed by atoms with Crippen molar-refractivity contribution in [1.29, 1.82) is 0 Å². The number of carbonyl (C=O) groups is 1. The van der Waals surface area contributed by atoms with E-state index in [9.17, 15) is 9.59 Å². The molecule has 0 aliphatic carbocycles. The van der Waals surface area contributed by atoms with E-state index >= 15 is 0 Å². The van der Waals surface area contributed by atoms with Crippen molar-refractivity contribution in [3.05, 3.63) is 39.9 Å². The molecular weight excluding hydrogens is 212 g/mol. The van der Waals surface area contributed by atoms with Gasteiger partial charge in [0.2, 0.25) is 5.43 Å². The van der Waals surface area contributed by atoms with Crippen LogP contribution in [0.4, 0.5) is 0 Å².